The molecule has 0 aliphatic rings. The van der Waals surface area contributed by atoms with Gasteiger partial charge in [0.1, 0.15) is 17.2 Å². The van der Waals surface area contributed by atoms with Crippen LogP contribution >= 0.6 is 0 Å². The highest BCUT2D eigenvalue weighted by atomic mass is 15.1. The van der Waals surface area contributed by atoms with Gasteiger partial charge in [-0.25, -0.2) is 9.97 Å². The second kappa shape index (κ2) is 9.20. The van der Waals surface area contributed by atoms with E-state index in [2.05, 4.69) is 79.6 Å². The quantitative estimate of drug-likeness (QED) is 0.326. The number of fused-ring (bicyclic) bond motifs is 1. The predicted octanol–water partition coefficient (Wildman–Crippen LogP) is 5.40. The van der Waals surface area contributed by atoms with E-state index < -0.39 is 0 Å². The number of benzene rings is 1. The lowest BCUT2D eigenvalue weighted by atomic mass is 10.2. The van der Waals surface area contributed by atoms with E-state index >= 15 is 0 Å². The molecule has 7 heteroatoms. The van der Waals surface area contributed by atoms with E-state index in [1.807, 2.05) is 55.0 Å². The summed E-state index contributed by atoms with van der Waals surface area (Å²) in [5.74, 6) is 0.832. The van der Waals surface area contributed by atoms with Crippen molar-refractivity contribution in [1.82, 2.24) is 34.0 Å². The summed E-state index contributed by atoms with van der Waals surface area (Å²) in [5.41, 5.74) is 6.85. The first-order valence-electron chi connectivity index (χ1n) is 11.8. The summed E-state index contributed by atoms with van der Waals surface area (Å²) in [7, 11) is 4.16. The second-order valence-electron chi connectivity index (χ2n) is 8.93. The summed E-state index contributed by atoms with van der Waals surface area (Å²) in [6.07, 6.45) is 11.4. The third kappa shape index (κ3) is 4.06. The average molecular weight is 472 g/mol. The number of rotatable bonds is 6. The number of hydrogen-bond donors (Lipinski definition) is 0. The van der Waals surface area contributed by atoms with Crippen LogP contribution in [0.2, 0.25) is 0 Å². The Morgan fingerprint density at radius 3 is 2.31 bits per heavy atom. The van der Waals surface area contributed by atoms with E-state index in [4.69, 9.17) is 4.98 Å². The molecule has 0 aliphatic carbocycles. The van der Waals surface area contributed by atoms with Crippen molar-refractivity contribution in [3.63, 3.8) is 0 Å². The fourth-order valence-electron chi connectivity index (χ4n) is 4.48. The molecule has 0 amide bonds. The summed E-state index contributed by atoms with van der Waals surface area (Å²) in [6, 6.07) is 22.4. The van der Waals surface area contributed by atoms with Crippen LogP contribution in [0.4, 0.5) is 0 Å². The molecule has 0 saturated heterocycles. The van der Waals surface area contributed by atoms with E-state index in [9.17, 15) is 0 Å². The maximum Gasteiger partial charge on any atom is 0.145 e. The SMILES string of the molecule is CN(C)Cc1cn(-c2ccc(-c3nc(-c4ccccn4)cn3-c3cccnc3)cc2)c2ncccc12. The van der Waals surface area contributed by atoms with Crippen LogP contribution in [-0.2, 0) is 6.54 Å². The van der Waals surface area contributed by atoms with E-state index in [-0.39, 0.29) is 0 Å². The second-order valence-corrected chi connectivity index (χ2v) is 8.93. The van der Waals surface area contributed by atoms with Crippen LogP contribution < -0.4 is 0 Å². The molecule has 7 nitrogen and oxygen atoms in total. The molecule has 6 aromatic rings. The monoisotopic (exact) mass is 471 g/mol. The van der Waals surface area contributed by atoms with Crippen molar-refractivity contribution in [1.29, 1.82) is 0 Å². The third-order valence-electron chi connectivity index (χ3n) is 6.09. The van der Waals surface area contributed by atoms with Gasteiger partial charge in [-0.3, -0.25) is 14.5 Å². The lowest BCUT2D eigenvalue weighted by Gasteiger charge is -2.09. The Morgan fingerprint density at radius 2 is 1.56 bits per heavy atom. The van der Waals surface area contributed by atoms with Crippen molar-refractivity contribution in [2.45, 2.75) is 6.54 Å². The van der Waals surface area contributed by atoms with Crippen LogP contribution in [0.25, 0.3) is 45.2 Å². The van der Waals surface area contributed by atoms with Crippen molar-refractivity contribution in [3.8, 4) is 34.2 Å². The largest absolute Gasteiger partial charge is 0.305 e. The molecule has 5 heterocycles. The van der Waals surface area contributed by atoms with E-state index in [1.165, 1.54) is 10.9 Å². The Labute approximate surface area is 209 Å². The van der Waals surface area contributed by atoms with Crippen molar-refractivity contribution in [2.75, 3.05) is 14.1 Å². The van der Waals surface area contributed by atoms with Crippen LogP contribution in [0.5, 0.6) is 0 Å². The molecule has 5 aromatic heterocycles. The van der Waals surface area contributed by atoms with Crippen LogP contribution in [0, 0.1) is 0 Å². The molecule has 36 heavy (non-hydrogen) atoms. The van der Waals surface area contributed by atoms with Gasteiger partial charge in [0, 0.05) is 54.2 Å². The molecule has 0 N–H and O–H groups in total. The topological polar surface area (TPSA) is 64.7 Å². The van der Waals surface area contributed by atoms with Crippen LogP contribution in [0.3, 0.4) is 0 Å². The van der Waals surface area contributed by atoms with E-state index in [0.29, 0.717) is 0 Å². The summed E-state index contributed by atoms with van der Waals surface area (Å²) in [5, 5.41) is 1.17. The fraction of sp³-hybridized carbons (Fsp3) is 0.103. The molecule has 0 fully saturated rings. The molecule has 1 aromatic carbocycles. The van der Waals surface area contributed by atoms with Gasteiger partial charge < -0.3 is 9.47 Å². The highest BCUT2D eigenvalue weighted by molar-refractivity contribution is 5.82. The van der Waals surface area contributed by atoms with Gasteiger partial charge in [0.15, 0.2) is 0 Å². The minimum atomic E-state index is 0.812. The standard InChI is InChI=1S/C29H25N7/c1-34(2)18-22-19-35(29-25(22)8-6-16-32-29)23-12-10-21(11-13-23)28-33-27(26-9-3-4-15-31-26)20-36(28)24-7-5-14-30-17-24/h3-17,19-20H,18H2,1-2H3. The van der Waals surface area contributed by atoms with Gasteiger partial charge in [0.25, 0.3) is 0 Å². The van der Waals surface area contributed by atoms with Gasteiger partial charge in [-0.2, -0.15) is 0 Å². The molecular weight excluding hydrogens is 446 g/mol. The van der Waals surface area contributed by atoms with Gasteiger partial charge in [-0.15, -0.1) is 0 Å². The Balaban J connectivity index is 1.43. The summed E-state index contributed by atoms with van der Waals surface area (Å²) in [6.45, 7) is 0.853. The maximum absolute atomic E-state index is 4.96. The zero-order valence-corrected chi connectivity index (χ0v) is 20.2. The number of hydrogen-bond acceptors (Lipinski definition) is 5. The molecule has 0 unspecified atom stereocenters. The first-order chi connectivity index (χ1) is 17.7. The zero-order valence-electron chi connectivity index (χ0n) is 20.2. The zero-order chi connectivity index (χ0) is 24.5. The molecular formula is C29H25N7. The van der Waals surface area contributed by atoms with Crippen LogP contribution in [-0.4, -0.2) is 48.1 Å². The van der Waals surface area contributed by atoms with Crippen LogP contribution in [0.1, 0.15) is 5.56 Å². The van der Waals surface area contributed by atoms with Gasteiger partial charge in [0.05, 0.1) is 17.6 Å². The average Bonchev–Trinajstić information content (AvgIpc) is 3.52. The smallest absolute Gasteiger partial charge is 0.145 e. The lowest BCUT2D eigenvalue weighted by molar-refractivity contribution is 0.404. The Bertz CT molecular complexity index is 1620. The van der Waals surface area contributed by atoms with Crippen molar-refractivity contribution in [3.05, 3.63) is 109 Å². The molecule has 0 atom stereocenters. The number of imidazole rings is 1. The Morgan fingerprint density at radius 1 is 0.722 bits per heavy atom. The Kier molecular flexibility index (Phi) is 5.59. The maximum atomic E-state index is 4.96. The van der Waals surface area contributed by atoms with E-state index in [0.717, 1.165) is 46.3 Å². The lowest BCUT2D eigenvalue weighted by Crippen LogP contribution is -2.10. The normalized spacial score (nSPS) is 11.4. The van der Waals surface area contributed by atoms with Gasteiger partial charge in [-0.05, 0) is 80.3 Å². The molecule has 0 saturated carbocycles. The number of aromatic nitrogens is 6. The third-order valence-corrected chi connectivity index (χ3v) is 6.09. The summed E-state index contributed by atoms with van der Waals surface area (Å²) in [4.78, 5) is 20.6. The minimum Gasteiger partial charge on any atom is -0.305 e. The number of pyridine rings is 3. The summed E-state index contributed by atoms with van der Waals surface area (Å²) < 4.78 is 4.22. The summed E-state index contributed by atoms with van der Waals surface area (Å²) >= 11 is 0. The highest BCUT2D eigenvalue weighted by Gasteiger charge is 2.15. The predicted molar refractivity (Wildman–Crippen MR) is 142 cm³/mol. The molecule has 176 valence electrons. The fourth-order valence-corrected chi connectivity index (χ4v) is 4.48. The van der Waals surface area contributed by atoms with E-state index in [1.54, 1.807) is 12.4 Å². The van der Waals surface area contributed by atoms with Crippen molar-refractivity contribution < 1.29 is 0 Å². The molecule has 0 aliphatic heterocycles. The van der Waals surface area contributed by atoms with Crippen LogP contribution in [0.15, 0.2) is 104 Å². The first-order valence-corrected chi connectivity index (χ1v) is 11.8. The molecule has 0 bridgehead atoms. The van der Waals surface area contributed by atoms with Crippen molar-refractivity contribution in [2.24, 2.45) is 0 Å². The Hall–Kier alpha value is -4.62. The number of nitrogens with zero attached hydrogens (tertiary/aromatic N) is 7. The molecule has 0 radical (unpaired) electrons. The highest BCUT2D eigenvalue weighted by Crippen LogP contribution is 2.29. The van der Waals surface area contributed by atoms with Crippen molar-refractivity contribution >= 4 is 11.0 Å². The van der Waals surface area contributed by atoms with Gasteiger partial charge in [0.2, 0.25) is 0 Å². The molecule has 6 rings (SSSR count). The molecule has 0 spiro atoms. The minimum absolute atomic E-state index is 0.812. The van der Waals surface area contributed by atoms with Gasteiger partial charge in [-0.1, -0.05) is 6.07 Å². The first kappa shape index (κ1) is 21.9. The van der Waals surface area contributed by atoms with Gasteiger partial charge >= 0.3 is 0 Å².